The van der Waals surface area contributed by atoms with Crippen LogP contribution in [0, 0.1) is 5.82 Å². The van der Waals surface area contributed by atoms with Crippen LogP contribution in [-0.2, 0) is 13.0 Å². The second kappa shape index (κ2) is 10.6. The van der Waals surface area contributed by atoms with Gasteiger partial charge in [-0.05, 0) is 53.9 Å². The van der Waals surface area contributed by atoms with E-state index in [0.717, 1.165) is 17.7 Å². The number of anilines is 1. The normalized spacial score (nSPS) is 10.9. The number of aromatic nitrogens is 1. The van der Waals surface area contributed by atoms with Gasteiger partial charge >= 0.3 is 0 Å². The van der Waals surface area contributed by atoms with Crippen LogP contribution in [0.3, 0.4) is 0 Å². The van der Waals surface area contributed by atoms with Crippen molar-refractivity contribution < 1.29 is 9.13 Å². The van der Waals surface area contributed by atoms with E-state index in [2.05, 4.69) is 28.3 Å². The van der Waals surface area contributed by atoms with Crippen molar-refractivity contribution in [3.05, 3.63) is 83.8 Å². The predicted molar refractivity (Wildman–Crippen MR) is 121 cm³/mol. The lowest BCUT2D eigenvalue weighted by atomic mass is 10.1. The SMILES string of the molecule is CCc1cccc(NC(N)=NCc2ccc(Oc3ccc(F)cc3)nc2)c1.I. The van der Waals surface area contributed by atoms with Crippen molar-refractivity contribution in [2.24, 2.45) is 10.7 Å². The highest BCUT2D eigenvalue weighted by atomic mass is 127. The molecule has 146 valence electrons. The quantitative estimate of drug-likeness (QED) is 0.285. The van der Waals surface area contributed by atoms with Crippen molar-refractivity contribution in [1.82, 2.24) is 4.98 Å². The molecule has 0 amide bonds. The molecule has 1 aromatic heterocycles. The first-order valence-corrected chi connectivity index (χ1v) is 8.66. The number of nitrogens with two attached hydrogens (primary N) is 1. The third-order valence-electron chi connectivity index (χ3n) is 3.87. The van der Waals surface area contributed by atoms with Crippen LogP contribution >= 0.6 is 24.0 Å². The van der Waals surface area contributed by atoms with E-state index in [1.807, 2.05) is 24.3 Å². The van der Waals surface area contributed by atoms with Crippen LogP contribution in [0.5, 0.6) is 11.6 Å². The van der Waals surface area contributed by atoms with E-state index in [-0.39, 0.29) is 29.8 Å². The molecule has 0 aliphatic heterocycles. The Balaban J connectivity index is 0.00000280. The second-order valence-electron chi connectivity index (χ2n) is 5.94. The van der Waals surface area contributed by atoms with E-state index in [1.54, 1.807) is 24.4 Å². The molecular weight excluding hydrogens is 470 g/mol. The summed E-state index contributed by atoms with van der Waals surface area (Å²) in [4.78, 5) is 8.56. The molecule has 0 saturated carbocycles. The number of pyridine rings is 1. The molecule has 3 rings (SSSR count). The number of ether oxygens (including phenoxy) is 1. The molecule has 5 nitrogen and oxygen atoms in total. The van der Waals surface area contributed by atoms with Crippen molar-refractivity contribution in [3.8, 4) is 11.6 Å². The van der Waals surface area contributed by atoms with Gasteiger partial charge in [-0.25, -0.2) is 14.4 Å². The van der Waals surface area contributed by atoms with Crippen molar-refractivity contribution in [2.45, 2.75) is 19.9 Å². The van der Waals surface area contributed by atoms with Gasteiger partial charge in [-0.3, -0.25) is 0 Å². The summed E-state index contributed by atoms with van der Waals surface area (Å²) < 4.78 is 18.5. The minimum Gasteiger partial charge on any atom is -0.439 e. The van der Waals surface area contributed by atoms with E-state index in [4.69, 9.17) is 10.5 Å². The average molecular weight is 492 g/mol. The highest BCUT2D eigenvalue weighted by molar-refractivity contribution is 14.0. The van der Waals surface area contributed by atoms with Crippen LogP contribution in [-0.4, -0.2) is 10.9 Å². The van der Waals surface area contributed by atoms with E-state index in [0.29, 0.717) is 24.1 Å². The smallest absolute Gasteiger partial charge is 0.219 e. The van der Waals surface area contributed by atoms with E-state index < -0.39 is 0 Å². The second-order valence-corrected chi connectivity index (χ2v) is 5.94. The minimum atomic E-state index is -0.309. The largest absolute Gasteiger partial charge is 0.439 e. The third kappa shape index (κ3) is 6.49. The van der Waals surface area contributed by atoms with Crippen molar-refractivity contribution >= 4 is 35.6 Å². The molecular formula is C21H22FIN4O. The molecule has 7 heteroatoms. The monoisotopic (exact) mass is 492 g/mol. The number of rotatable bonds is 6. The third-order valence-corrected chi connectivity index (χ3v) is 3.87. The molecule has 28 heavy (non-hydrogen) atoms. The number of halogens is 2. The van der Waals surface area contributed by atoms with Gasteiger partial charge in [-0.1, -0.05) is 25.1 Å². The molecule has 0 spiro atoms. The lowest BCUT2D eigenvalue weighted by molar-refractivity contribution is 0.461. The standard InChI is InChI=1S/C21H21FN4O.HI/c1-2-15-4-3-5-18(12-15)26-21(23)25-14-16-6-11-20(24-13-16)27-19-9-7-17(22)8-10-19;/h3-13H,2,14H2,1H3,(H3,23,25,26);1H. The summed E-state index contributed by atoms with van der Waals surface area (Å²) in [6.45, 7) is 2.50. The average Bonchev–Trinajstić information content (AvgIpc) is 2.69. The Morgan fingerprint density at radius 3 is 2.57 bits per heavy atom. The number of aryl methyl sites for hydroxylation is 1. The topological polar surface area (TPSA) is 72.5 Å². The Hall–Kier alpha value is -2.68. The molecule has 3 aromatic rings. The first-order chi connectivity index (χ1) is 13.1. The van der Waals surface area contributed by atoms with Gasteiger partial charge in [0, 0.05) is 18.0 Å². The van der Waals surface area contributed by atoms with Crippen molar-refractivity contribution in [2.75, 3.05) is 5.32 Å². The van der Waals surface area contributed by atoms with Gasteiger partial charge in [0.15, 0.2) is 5.96 Å². The predicted octanol–water partition coefficient (Wildman–Crippen LogP) is 5.12. The van der Waals surface area contributed by atoms with Gasteiger partial charge in [0.05, 0.1) is 6.54 Å². The molecule has 2 aromatic carbocycles. The van der Waals surface area contributed by atoms with Gasteiger partial charge in [0.1, 0.15) is 11.6 Å². The fourth-order valence-corrected chi connectivity index (χ4v) is 2.42. The fourth-order valence-electron chi connectivity index (χ4n) is 2.42. The summed E-state index contributed by atoms with van der Waals surface area (Å²) in [5.74, 6) is 0.986. The zero-order valence-corrected chi connectivity index (χ0v) is 17.8. The van der Waals surface area contributed by atoms with Crippen LogP contribution in [0.15, 0.2) is 71.9 Å². The number of benzene rings is 2. The number of hydrogen-bond donors (Lipinski definition) is 2. The van der Waals surface area contributed by atoms with Crippen molar-refractivity contribution in [1.29, 1.82) is 0 Å². The number of nitrogens with one attached hydrogen (secondary N) is 1. The molecule has 1 heterocycles. The maximum absolute atomic E-state index is 12.9. The Labute approximate surface area is 180 Å². The Kier molecular flexibility index (Phi) is 8.19. The van der Waals surface area contributed by atoms with Crippen molar-refractivity contribution in [3.63, 3.8) is 0 Å². The van der Waals surface area contributed by atoms with E-state index >= 15 is 0 Å². The summed E-state index contributed by atoms with van der Waals surface area (Å²) in [5, 5.41) is 3.09. The van der Waals surface area contributed by atoms with E-state index in [9.17, 15) is 4.39 Å². The van der Waals surface area contributed by atoms with E-state index in [1.165, 1.54) is 17.7 Å². The molecule has 0 bridgehead atoms. The lowest BCUT2D eigenvalue weighted by Gasteiger charge is -2.07. The molecule has 3 N–H and O–H groups in total. The van der Waals surface area contributed by atoms with Crippen LogP contribution < -0.4 is 15.8 Å². The Morgan fingerprint density at radius 2 is 1.89 bits per heavy atom. The summed E-state index contributed by atoms with van der Waals surface area (Å²) >= 11 is 0. The molecule has 0 saturated heterocycles. The van der Waals surface area contributed by atoms with Gasteiger partial charge < -0.3 is 15.8 Å². The van der Waals surface area contributed by atoms with Gasteiger partial charge in [-0.2, -0.15) is 0 Å². The maximum Gasteiger partial charge on any atom is 0.219 e. The van der Waals surface area contributed by atoms with Crippen LogP contribution in [0.4, 0.5) is 10.1 Å². The maximum atomic E-state index is 12.9. The molecule has 0 unspecified atom stereocenters. The summed E-state index contributed by atoms with van der Waals surface area (Å²) in [6.07, 6.45) is 2.64. The number of guanidine groups is 1. The Bertz CT molecular complexity index is 914. The highest BCUT2D eigenvalue weighted by Crippen LogP contribution is 2.19. The molecule has 0 atom stereocenters. The van der Waals surface area contributed by atoms with Gasteiger partial charge in [0.2, 0.25) is 5.88 Å². The zero-order valence-electron chi connectivity index (χ0n) is 15.4. The van der Waals surface area contributed by atoms with Crippen LogP contribution in [0.2, 0.25) is 0 Å². The number of nitrogens with zero attached hydrogens (tertiary/aromatic N) is 2. The molecule has 0 aliphatic carbocycles. The summed E-state index contributed by atoms with van der Waals surface area (Å²) in [5.41, 5.74) is 8.99. The Morgan fingerprint density at radius 1 is 1.11 bits per heavy atom. The fraction of sp³-hybridized carbons (Fsp3) is 0.143. The van der Waals surface area contributed by atoms with Gasteiger partial charge in [-0.15, -0.1) is 24.0 Å². The molecule has 0 fully saturated rings. The lowest BCUT2D eigenvalue weighted by Crippen LogP contribution is -2.22. The first-order valence-electron chi connectivity index (χ1n) is 8.66. The number of hydrogen-bond acceptors (Lipinski definition) is 3. The number of aliphatic imine (C=N–C) groups is 1. The molecule has 0 aliphatic rings. The first kappa shape index (κ1) is 21.6. The summed E-state index contributed by atoms with van der Waals surface area (Å²) in [6, 6.07) is 17.4. The zero-order chi connectivity index (χ0) is 19.1. The molecule has 0 radical (unpaired) electrons. The minimum absolute atomic E-state index is 0. The highest BCUT2D eigenvalue weighted by Gasteiger charge is 2.01. The summed E-state index contributed by atoms with van der Waals surface area (Å²) in [7, 11) is 0. The van der Waals surface area contributed by atoms with Gasteiger partial charge in [0.25, 0.3) is 0 Å². The van der Waals surface area contributed by atoms with Crippen LogP contribution in [0.25, 0.3) is 0 Å². The van der Waals surface area contributed by atoms with Crippen LogP contribution in [0.1, 0.15) is 18.1 Å².